The summed E-state index contributed by atoms with van der Waals surface area (Å²) in [5, 5.41) is 18.6. The van der Waals surface area contributed by atoms with Gasteiger partial charge >= 0.3 is 13.1 Å². The molecule has 90 valence electrons. The highest BCUT2D eigenvalue weighted by atomic mass is 16.5. The largest absolute Gasteiger partial charge is 0.492 e. The van der Waals surface area contributed by atoms with Crippen molar-refractivity contribution in [1.82, 2.24) is 0 Å². The molecule has 1 aromatic rings. The average molecular weight is 234 g/mol. The second kappa shape index (κ2) is 4.16. The number of benzene rings is 1. The first kappa shape index (κ1) is 12.1. The smallest absolute Gasteiger partial charge is 0.481 e. The van der Waals surface area contributed by atoms with E-state index >= 15 is 0 Å². The molecule has 0 bridgehead atoms. The van der Waals surface area contributed by atoms with Crippen molar-refractivity contribution >= 4 is 18.6 Å². The van der Waals surface area contributed by atoms with Crippen molar-refractivity contribution in [2.75, 3.05) is 0 Å². The fraction of sp³-hybridized carbons (Fsp3) is 0.417. The number of rotatable bonds is 3. The molecule has 2 N–H and O–H groups in total. The monoisotopic (exact) mass is 234 g/mol. The zero-order valence-electron chi connectivity index (χ0n) is 9.93. The fourth-order valence-electron chi connectivity index (χ4n) is 2.29. The minimum Gasteiger partial charge on any atom is -0.481 e. The lowest BCUT2D eigenvalue weighted by atomic mass is 9.74. The maximum atomic E-state index is 10.6. The summed E-state index contributed by atoms with van der Waals surface area (Å²) >= 11 is 0. The molecule has 0 saturated heterocycles. The van der Waals surface area contributed by atoms with Crippen LogP contribution >= 0.6 is 0 Å². The van der Waals surface area contributed by atoms with Gasteiger partial charge in [-0.15, -0.1) is 0 Å². The van der Waals surface area contributed by atoms with Crippen LogP contribution in [0, 0.1) is 0 Å². The molecule has 17 heavy (non-hydrogen) atoms. The van der Waals surface area contributed by atoms with E-state index in [9.17, 15) is 9.82 Å². The summed E-state index contributed by atoms with van der Waals surface area (Å²) in [6, 6.07) is 5.63. The number of aliphatic carboxylic acids is 1. The summed E-state index contributed by atoms with van der Waals surface area (Å²) < 4.78 is 5.47. The van der Waals surface area contributed by atoms with Crippen LogP contribution in [-0.4, -0.2) is 23.2 Å². The van der Waals surface area contributed by atoms with Crippen LogP contribution in [0.15, 0.2) is 18.2 Å². The molecule has 0 aromatic heterocycles. The number of carboxylic acid groups (broad SMARTS) is 1. The third-order valence-electron chi connectivity index (χ3n) is 3.11. The lowest BCUT2D eigenvalue weighted by molar-refractivity contribution is -0.136. The van der Waals surface area contributed by atoms with Gasteiger partial charge in [0.25, 0.3) is 0 Å². The Morgan fingerprint density at radius 2 is 2.18 bits per heavy atom. The predicted octanol–water partition coefficient (Wildman–Crippen LogP) is 0.657. The Bertz CT molecular complexity index is 456. The van der Waals surface area contributed by atoms with Crippen LogP contribution < -0.4 is 5.46 Å². The molecular formula is C12H15BO4. The Kier molecular flexibility index (Phi) is 2.97. The second-order valence-electron chi connectivity index (χ2n) is 4.75. The molecule has 0 unspecified atom stereocenters. The van der Waals surface area contributed by atoms with Gasteiger partial charge in [0.15, 0.2) is 0 Å². The van der Waals surface area contributed by atoms with E-state index in [1.807, 2.05) is 32.0 Å². The summed E-state index contributed by atoms with van der Waals surface area (Å²) in [5.41, 5.74) is 2.00. The van der Waals surface area contributed by atoms with Gasteiger partial charge in [-0.3, -0.25) is 4.79 Å². The minimum absolute atomic E-state index is 0.0591. The molecule has 0 fully saturated rings. The topological polar surface area (TPSA) is 66.8 Å². The fourth-order valence-corrected chi connectivity index (χ4v) is 2.29. The van der Waals surface area contributed by atoms with E-state index in [1.165, 1.54) is 0 Å². The van der Waals surface area contributed by atoms with Crippen molar-refractivity contribution in [3.63, 3.8) is 0 Å². The average Bonchev–Trinajstić information content (AvgIpc) is 2.47. The van der Waals surface area contributed by atoms with E-state index in [-0.39, 0.29) is 6.42 Å². The molecule has 1 heterocycles. The van der Waals surface area contributed by atoms with Gasteiger partial charge in [0.1, 0.15) is 0 Å². The first-order valence-electron chi connectivity index (χ1n) is 5.62. The molecule has 2 rings (SSSR count). The van der Waals surface area contributed by atoms with Crippen LogP contribution in [0.5, 0.6) is 0 Å². The molecular weight excluding hydrogens is 219 g/mol. The normalized spacial score (nSPS) is 17.0. The van der Waals surface area contributed by atoms with Crippen molar-refractivity contribution in [3.05, 3.63) is 29.3 Å². The molecule has 1 aliphatic heterocycles. The highest BCUT2D eigenvalue weighted by Crippen LogP contribution is 2.30. The Hall–Kier alpha value is -1.33. The minimum atomic E-state index is -0.954. The van der Waals surface area contributed by atoms with Crippen LogP contribution in [0.2, 0.25) is 0 Å². The molecule has 0 saturated carbocycles. The quantitative estimate of drug-likeness (QED) is 0.754. The van der Waals surface area contributed by atoms with Crippen LogP contribution in [0.1, 0.15) is 31.4 Å². The molecule has 4 nitrogen and oxygen atoms in total. The molecule has 0 radical (unpaired) electrons. The Morgan fingerprint density at radius 3 is 2.82 bits per heavy atom. The van der Waals surface area contributed by atoms with Gasteiger partial charge in [0.05, 0.1) is 5.60 Å². The maximum Gasteiger partial charge on any atom is 0.492 e. The summed E-state index contributed by atoms with van der Waals surface area (Å²) in [7, 11) is -0.954. The summed E-state index contributed by atoms with van der Waals surface area (Å²) in [6.45, 7) is 3.78. The van der Waals surface area contributed by atoms with Gasteiger partial charge in [-0.1, -0.05) is 18.2 Å². The van der Waals surface area contributed by atoms with Gasteiger partial charge in [-0.25, -0.2) is 0 Å². The van der Waals surface area contributed by atoms with Crippen LogP contribution in [-0.2, 0) is 21.5 Å². The molecule has 1 aromatic carbocycles. The van der Waals surface area contributed by atoms with Crippen molar-refractivity contribution in [2.45, 2.75) is 32.3 Å². The summed E-state index contributed by atoms with van der Waals surface area (Å²) in [5.74, 6) is -0.838. The number of fused-ring (bicyclic) bond motifs is 1. The first-order valence-corrected chi connectivity index (χ1v) is 5.62. The molecule has 5 heteroatoms. The molecule has 0 spiro atoms. The van der Waals surface area contributed by atoms with Gasteiger partial charge in [0.2, 0.25) is 0 Å². The third-order valence-corrected chi connectivity index (χ3v) is 3.11. The third kappa shape index (κ3) is 2.21. The van der Waals surface area contributed by atoms with Crippen LogP contribution in [0.4, 0.5) is 0 Å². The Balaban J connectivity index is 2.37. The van der Waals surface area contributed by atoms with Crippen LogP contribution in [0.3, 0.4) is 0 Å². The molecule has 0 amide bonds. The van der Waals surface area contributed by atoms with Crippen molar-refractivity contribution in [3.8, 4) is 0 Å². The predicted molar refractivity (Wildman–Crippen MR) is 64.1 cm³/mol. The van der Waals surface area contributed by atoms with Crippen LogP contribution in [0.25, 0.3) is 0 Å². The van der Waals surface area contributed by atoms with E-state index < -0.39 is 18.7 Å². The summed E-state index contributed by atoms with van der Waals surface area (Å²) in [4.78, 5) is 10.6. The zero-order chi connectivity index (χ0) is 12.6. The molecule has 1 aliphatic rings. The molecule has 0 aliphatic carbocycles. The zero-order valence-corrected chi connectivity index (χ0v) is 9.93. The summed E-state index contributed by atoms with van der Waals surface area (Å²) in [6.07, 6.45) is 0.471. The Labute approximate surface area is 100 Å². The number of hydrogen-bond acceptors (Lipinski definition) is 3. The van der Waals surface area contributed by atoms with E-state index in [4.69, 9.17) is 9.76 Å². The number of carboxylic acids is 1. The second-order valence-corrected chi connectivity index (χ2v) is 4.75. The van der Waals surface area contributed by atoms with Crippen molar-refractivity contribution < 1.29 is 19.6 Å². The van der Waals surface area contributed by atoms with Gasteiger partial charge in [0, 0.05) is 6.42 Å². The van der Waals surface area contributed by atoms with Gasteiger partial charge in [-0.05, 0) is 36.9 Å². The highest BCUT2D eigenvalue weighted by Gasteiger charge is 2.41. The lowest BCUT2D eigenvalue weighted by Gasteiger charge is -2.19. The lowest BCUT2D eigenvalue weighted by Crippen LogP contribution is -2.31. The highest BCUT2D eigenvalue weighted by molar-refractivity contribution is 6.62. The first-order chi connectivity index (χ1) is 7.92. The van der Waals surface area contributed by atoms with E-state index in [0.29, 0.717) is 6.42 Å². The Morgan fingerprint density at radius 1 is 1.47 bits per heavy atom. The van der Waals surface area contributed by atoms with Crippen molar-refractivity contribution in [2.24, 2.45) is 0 Å². The van der Waals surface area contributed by atoms with Gasteiger partial charge in [-0.2, -0.15) is 0 Å². The molecule has 0 atom stereocenters. The standard InChI is InChI=1S/C12H15BO4/c1-12(2)9-5-3-4-8(6-7-10(14)15)11(9)13(16)17-12/h3-5,16H,6-7H2,1-2H3,(H,14,15). The van der Waals surface area contributed by atoms with Crippen molar-refractivity contribution in [1.29, 1.82) is 0 Å². The van der Waals surface area contributed by atoms with E-state index in [0.717, 1.165) is 16.6 Å². The number of hydrogen-bond donors (Lipinski definition) is 2. The van der Waals surface area contributed by atoms with E-state index in [1.54, 1.807) is 0 Å². The van der Waals surface area contributed by atoms with Gasteiger partial charge < -0.3 is 14.8 Å². The SMILES string of the molecule is CC1(C)OB(O)c2c(CCC(=O)O)cccc21. The number of aryl methyl sites for hydroxylation is 1. The number of carbonyl (C=O) groups is 1. The maximum absolute atomic E-state index is 10.6. The van der Waals surface area contributed by atoms with E-state index in [2.05, 4.69) is 0 Å².